The van der Waals surface area contributed by atoms with Gasteiger partial charge in [0.05, 0.1) is 0 Å². The molecule has 0 saturated carbocycles. The maximum atomic E-state index is 12.5. The van der Waals surface area contributed by atoms with Crippen molar-refractivity contribution in [3.8, 4) is 11.4 Å². The number of fused-ring (bicyclic) bond motifs is 1. The zero-order valence-corrected chi connectivity index (χ0v) is 15.7. The number of benzene rings is 2. The Morgan fingerprint density at radius 3 is 2.55 bits per heavy atom. The molecule has 2 heterocycles. The van der Waals surface area contributed by atoms with Crippen molar-refractivity contribution in [2.24, 2.45) is 0 Å². The minimum atomic E-state index is -4.70. The van der Waals surface area contributed by atoms with E-state index in [1.165, 1.54) is 29.8 Å². The van der Waals surface area contributed by atoms with E-state index in [-0.39, 0.29) is 30.2 Å². The molecule has 3 aromatic rings. The van der Waals surface area contributed by atoms with E-state index in [4.69, 9.17) is 0 Å². The van der Waals surface area contributed by atoms with Crippen LogP contribution in [-0.4, -0.2) is 28.6 Å². The van der Waals surface area contributed by atoms with E-state index < -0.39 is 12.1 Å². The van der Waals surface area contributed by atoms with Gasteiger partial charge in [-0.3, -0.25) is 4.79 Å². The summed E-state index contributed by atoms with van der Waals surface area (Å²) in [6.45, 7) is 0.453. The molecule has 0 saturated heterocycles. The summed E-state index contributed by atoms with van der Waals surface area (Å²) in [7, 11) is 0. The quantitative estimate of drug-likeness (QED) is 0.663. The fourth-order valence-corrected chi connectivity index (χ4v) is 3.04. The number of hydrogen-bond donors (Lipinski definition) is 2. The van der Waals surface area contributed by atoms with Crippen molar-refractivity contribution in [3.63, 3.8) is 0 Å². The zero-order valence-electron chi connectivity index (χ0n) is 14.9. The lowest BCUT2D eigenvalue weighted by Gasteiger charge is -2.12. The van der Waals surface area contributed by atoms with Crippen LogP contribution in [0.4, 0.5) is 18.9 Å². The van der Waals surface area contributed by atoms with Gasteiger partial charge >= 0.3 is 12.1 Å². The molecule has 10 heteroatoms. The first-order chi connectivity index (χ1) is 13.4. The Kier molecular flexibility index (Phi) is 5.78. The highest BCUT2D eigenvalue weighted by molar-refractivity contribution is 5.94. The van der Waals surface area contributed by atoms with Gasteiger partial charge in [-0.2, -0.15) is 18.2 Å². The normalized spacial score (nSPS) is 15.2. The minimum absolute atomic E-state index is 0. The molecule has 1 aliphatic rings. The Balaban J connectivity index is 0.00000240. The number of aromatic nitrogens is 2. The maximum absolute atomic E-state index is 12.5. The van der Waals surface area contributed by atoms with E-state index in [9.17, 15) is 18.0 Å². The Morgan fingerprint density at radius 2 is 1.90 bits per heavy atom. The van der Waals surface area contributed by atoms with Crippen LogP contribution in [0.1, 0.15) is 21.8 Å². The molecular weight excluding hydrogens is 409 g/mol. The summed E-state index contributed by atoms with van der Waals surface area (Å²) in [6.07, 6.45) is -3.87. The van der Waals surface area contributed by atoms with Crippen LogP contribution in [0.3, 0.4) is 0 Å². The van der Waals surface area contributed by atoms with Gasteiger partial charge in [-0.05, 0) is 30.2 Å². The van der Waals surface area contributed by atoms with Crippen LogP contribution in [0.15, 0.2) is 53.1 Å². The number of nitrogens with zero attached hydrogens (tertiary/aromatic N) is 2. The SMILES string of the molecule is Cl.O=C(NCC1Cc2ccccc2N1)c1ccc(-c2noc(C(F)(F)F)n2)cc1. The van der Waals surface area contributed by atoms with Crippen LogP contribution in [0.2, 0.25) is 0 Å². The summed E-state index contributed by atoms with van der Waals surface area (Å²) in [6, 6.07) is 14.0. The average Bonchev–Trinajstić information content (AvgIpc) is 3.33. The second kappa shape index (κ2) is 8.12. The van der Waals surface area contributed by atoms with Crippen molar-refractivity contribution < 1.29 is 22.5 Å². The third kappa shape index (κ3) is 4.51. The summed E-state index contributed by atoms with van der Waals surface area (Å²) >= 11 is 0. The van der Waals surface area contributed by atoms with Crippen LogP contribution in [0.5, 0.6) is 0 Å². The molecule has 0 spiro atoms. The van der Waals surface area contributed by atoms with E-state index in [0.29, 0.717) is 17.7 Å². The van der Waals surface area contributed by atoms with Gasteiger partial charge in [0, 0.05) is 29.4 Å². The Bertz CT molecular complexity index is 980. The highest BCUT2D eigenvalue weighted by Crippen LogP contribution is 2.29. The van der Waals surface area contributed by atoms with Crippen molar-refractivity contribution >= 4 is 24.0 Å². The largest absolute Gasteiger partial charge is 0.471 e. The van der Waals surface area contributed by atoms with E-state index in [1.807, 2.05) is 24.3 Å². The molecule has 2 aromatic carbocycles. The summed E-state index contributed by atoms with van der Waals surface area (Å²) in [5.74, 6) is -1.87. The summed E-state index contributed by atoms with van der Waals surface area (Å²) in [5.41, 5.74) is 3.00. The molecule has 1 aromatic heterocycles. The smallest absolute Gasteiger partial charge is 0.380 e. The average molecular weight is 425 g/mol. The third-order valence-corrected chi connectivity index (χ3v) is 4.43. The van der Waals surface area contributed by atoms with Gasteiger partial charge in [0.1, 0.15) is 0 Å². The Hall–Kier alpha value is -3.07. The molecule has 6 nitrogen and oxygen atoms in total. The predicted molar refractivity (Wildman–Crippen MR) is 102 cm³/mol. The van der Waals surface area contributed by atoms with Crippen LogP contribution in [-0.2, 0) is 12.6 Å². The molecule has 0 aliphatic carbocycles. The Morgan fingerprint density at radius 1 is 1.17 bits per heavy atom. The summed E-state index contributed by atoms with van der Waals surface area (Å²) in [5, 5.41) is 9.53. The number of alkyl halides is 3. The van der Waals surface area contributed by atoms with Crippen molar-refractivity contribution in [2.75, 3.05) is 11.9 Å². The number of para-hydroxylation sites is 1. The van der Waals surface area contributed by atoms with Gasteiger partial charge in [0.2, 0.25) is 5.82 Å². The molecule has 1 unspecified atom stereocenters. The molecule has 0 bridgehead atoms. The molecule has 152 valence electrons. The fourth-order valence-electron chi connectivity index (χ4n) is 3.04. The lowest BCUT2D eigenvalue weighted by molar-refractivity contribution is -0.159. The van der Waals surface area contributed by atoms with Gasteiger partial charge in [-0.15, -0.1) is 12.4 Å². The molecule has 0 fully saturated rings. The molecular formula is C19H16ClF3N4O2. The predicted octanol–water partition coefficient (Wildman–Crippen LogP) is 3.94. The molecule has 1 atom stereocenters. The summed E-state index contributed by atoms with van der Waals surface area (Å²) in [4.78, 5) is 15.6. The first-order valence-electron chi connectivity index (χ1n) is 8.54. The first-order valence-corrected chi connectivity index (χ1v) is 8.54. The zero-order chi connectivity index (χ0) is 19.7. The number of anilines is 1. The van der Waals surface area contributed by atoms with Crippen LogP contribution in [0.25, 0.3) is 11.4 Å². The van der Waals surface area contributed by atoms with Gasteiger partial charge in [0.25, 0.3) is 5.91 Å². The van der Waals surface area contributed by atoms with Crippen molar-refractivity contribution in [2.45, 2.75) is 18.6 Å². The van der Waals surface area contributed by atoms with Gasteiger partial charge in [-0.1, -0.05) is 35.5 Å². The van der Waals surface area contributed by atoms with E-state index in [2.05, 4.69) is 25.3 Å². The molecule has 4 rings (SSSR count). The van der Waals surface area contributed by atoms with E-state index in [0.717, 1.165) is 12.1 Å². The lowest BCUT2D eigenvalue weighted by atomic mass is 10.1. The first kappa shape index (κ1) is 20.7. The van der Waals surface area contributed by atoms with E-state index in [1.54, 1.807) is 0 Å². The molecule has 1 amide bonds. The number of amides is 1. The standard InChI is InChI=1S/C19H15F3N4O2.ClH/c20-19(21,22)18-25-16(26-28-18)11-5-7-12(8-6-11)17(27)23-10-14-9-13-3-1-2-4-15(13)24-14;/h1-8,14,24H,9-10H2,(H,23,27);1H. The second-order valence-electron chi connectivity index (χ2n) is 6.41. The van der Waals surface area contributed by atoms with E-state index >= 15 is 0 Å². The molecule has 29 heavy (non-hydrogen) atoms. The van der Waals surface area contributed by atoms with Gasteiger partial charge in [-0.25, -0.2) is 0 Å². The molecule has 2 N–H and O–H groups in total. The number of rotatable bonds is 4. The second-order valence-corrected chi connectivity index (χ2v) is 6.41. The Labute approximate surface area is 169 Å². The van der Waals surface area contributed by atoms with Gasteiger partial charge < -0.3 is 15.2 Å². The maximum Gasteiger partial charge on any atom is 0.471 e. The monoisotopic (exact) mass is 424 g/mol. The topological polar surface area (TPSA) is 80.0 Å². The van der Waals surface area contributed by atoms with Crippen molar-refractivity contribution in [1.82, 2.24) is 15.5 Å². The van der Waals surface area contributed by atoms with Crippen LogP contribution >= 0.6 is 12.4 Å². The number of carbonyl (C=O) groups is 1. The third-order valence-electron chi connectivity index (χ3n) is 4.43. The summed E-state index contributed by atoms with van der Waals surface area (Å²) < 4.78 is 41.8. The van der Waals surface area contributed by atoms with Crippen LogP contribution in [0, 0.1) is 0 Å². The fraction of sp³-hybridized carbons (Fsp3) is 0.211. The van der Waals surface area contributed by atoms with Crippen LogP contribution < -0.4 is 10.6 Å². The van der Waals surface area contributed by atoms with Crippen molar-refractivity contribution in [3.05, 3.63) is 65.5 Å². The van der Waals surface area contributed by atoms with Crippen molar-refractivity contribution in [1.29, 1.82) is 0 Å². The highest BCUT2D eigenvalue weighted by atomic mass is 35.5. The number of carbonyl (C=O) groups excluding carboxylic acids is 1. The highest BCUT2D eigenvalue weighted by Gasteiger charge is 2.38. The number of hydrogen-bond acceptors (Lipinski definition) is 5. The van der Waals surface area contributed by atoms with Gasteiger partial charge in [0.15, 0.2) is 0 Å². The minimum Gasteiger partial charge on any atom is -0.380 e. The lowest BCUT2D eigenvalue weighted by Crippen LogP contribution is -2.35. The number of nitrogens with one attached hydrogen (secondary N) is 2. The molecule has 1 aliphatic heterocycles. The number of halogens is 4. The molecule has 0 radical (unpaired) electrons.